The van der Waals surface area contributed by atoms with Gasteiger partial charge in [0.25, 0.3) is 0 Å². The molecule has 98 valence electrons. The van der Waals surface area contributed by atoms with Gasteiger partial charge < -0.3 is 0 Å². The van der Waals surface area contributed by atoms with E-state index in [0.29, 0.717) is 0 Å². The minimum atomic E-state index is 1.38. The molecule has 5 rings (SSSR count). The Labute approximate surface area is 144 Å². The highest BCUT2D eigenvalue weighted by atomic mass is 127. The zero-order chi connectivity index (χ0) is 13.4. The second kappa shape index (κ2) is 4.16. The molecular formula is C15H7IS4. The lowest BCUT2D eigenvalue weighted by Crippen LogP contribution is -1.64. The number of thiophene rings is 4. The maximum absolute atomic E-state index is 2.42. The number of benzene rings is 1. The highest BCUT2D eigenvalue weighted by Crippen LogP contribution is 2.46. The molecule has 0 fully saturated rings. The van der Waals surface area contributed by atoms with Crippen LogP contribution in [0.5, 0.6) is 0 Å². The molecule has 0 saturated heterocycles. The predicted molar refractivity (Wildman–Crippen MR) is 105 cm³/mol. The third-order valence-corrected chi connectivity index (χ3v) is 8.97. The van der Waals surface area contributed by atoms with Gasteiger partial charge in [-0.3, -0.25) is 0 Å². The fourth-order valence-corrected chi connectivity index (χ4v) is 8.58. The highest BCUT2D eigenvalue weighted by Gasteiger charge is 2.13. The summed E-state index contributed by atoms with van der Waals surface area (Å²) in [6.07, 6.45) is 0. The molecule has 20 heavy (non-hydrogen) atoms. The van der Waals surface area contributed by atoms with E-state index in [1.165, 1.54) is 46.7 Å². The molecule has 0 nitrogen and oxygen atoms in total. The van der Waals surface area contributed by atoms with Crippen molar-refractivity contribution in [3.63, 3.8) is 0 Å². The van der Waals surface area contributed by atoms with Gasteiger partial charge in [-0.15, -0.1) is 45.3 Å². The molecule has 0 spiro atoms. The topological polar surface area (TPSA) is 0 Å². The number of hydrogen-bond donors (Lipinski definition) is 0. The fourth-order valence-electron chi connectivity index (χ4n) is 2.68. The SMILES string of the molecule is Cc1cc2sc3cc4c(cc3c2s1)sc1cc(I)sc14. The van der Waals surface area contributed by atoms with Crippen LogP contribution in [-0.4, -0.2) is 0 Å². The third-order valence-electron chi connectivity index (χ3n) is 3.50. The van der Waals surface area contributed by atoms with Gasteiger partial charge in [0.05, 0.1) is 12.3 Å². The van der Waals surface area contributed by atoms with Crippen LogP contribution in [0, 0.1) is 9.81 Å². The minimum absolute atomic E-state index is 1.38. The first-order valence-corrected chi connectivity index (χ1v) is 10.5. The van der Waals surface area contributed by atoms with Crippen molar-refractivity contribution in [3.8, 4) is 0 Å². The van der Waals surface area contributed by atoms with Crippen molar-refractivity contribution in [2.45, 2.75) is 6.92 Å². The molecule has 4 heterocycles. The van der Waals surface area contributed by atoms with Gasteiger partial charge >= 0.3 is 0 Å². The van der Waals surface area contributed by atoms with Crippen LogP contribution in [0.2, 0.25) is 0 Å². The van der Waals surface area contributed by atoms with E-state index in [-0.39, 0.29) is 0 Å². The van der Waals surface area contributed by atoms with E-state index in [1.807, 2.05) is 45.3 Å². The van der Waals surface area contributed by atoms with E-state index < -0.39 is 0 Å². The molecule has 0 aliphatic rings. The lowest BCUT2D eigenvalue weighted by atomic mass is 10.2. The van der Waals surface area contributed by atoms with Crippen molar-refractivity contribution in [2.24, 2.45) is 0 Å². The molecule has 0 N–H and O–H groups in total. The first-order valence-electron chi connectivity index (χ1n) is 6.13. The van der Waals surface area contributed by atoms with Crippen molar-refractivity contribution < 1.29 is 0 Å². The zero-order valence-corrected chi connectivity index (χ0v) is 15.7. The van der Waals surface area contributed by atoms with E-state index >= 15 is 0 Å². The summed E-state index contributed by atoms with van der Waals surface area (Å²) < 4.78 is 10.1. The second-order valence-corrected chi connectivity index (χ2v) is 11.2. The van der Waals surface area contributed by atoms with Gasteiger partial charge in [0.2, 0.25) is 0 Å². The van der Waals surface area contributed by atoms with E-state index in [2.05, 4.69) is 53.8 Å². The summed E-state index contributed by atoms with van der Waals surface area (Å²) in [6, 6.07) is 9.44. The zero-order valence-electron chi connectivity index (χ0n) is 10.3. The van der Waals surface area contributed by atoms with Gasteiger partial charge in [0, 0.05) is 34.4 Å². The standard InChI is InChI=1S/C15H7IS4/c1-6-2-11-14(17-6)7-3-10-8(4-9(7)18-11)15-12(19-10)5-13(16)20-15/h2-5H,1H3. The van der Waals surface area contributed by atoms with E-state index in [0.717, 1.165) is 0 Å². The van der Waals surface area contributed by atoms with E-state index in [9.17, 15) is 0 Å². The Bertz CT molecular complexity index is 1030. The normalized spacial score (nSPS) is 12.5. The molecule has 1 aromatic carbocycles. The van der Waals surface area contributed by atoms with Gasteiger partial charge in [-0.1, -0.05) is 0 Å². The quantitative estimate of drug-likeness (QED) is 0.218. The van der Waals surface area contributed by atoms with Crippen LogP contribution in [0.15, 0.2) is 24.3 Å². The summed E-state index contributed by atoms with van der Waals surface area (Å²) in [5.74, 6) is 0. The number of rotatable bonds is 0. The molecule has 0 bridgehead atoms. The first kappa shape index (κ1) is 12.3. The minimum Gasteiger partial charge on any atom is -0.139 e. The summed E-state index contributed by atoms with van der Waals surface area (Å²) in [5, 5.41) is 2.88. The van der Waals surface area contributed by atoms with Crippen LogP contribution >= 0.6 is 67.9 Å². The van der Waals surface area contributed by atoms with Crippen molar-refractivity contribution in [1.82, 2.24) is 0 Å². The Morgan fingerprint density at radius 3 is 2.00 bits per heavy atom. The number of aryl methyl sites for hydroxylation is 1. The summed E-state index contributed by atoms with van der Waals surface area (Å²) in [6.45, 7) is 2.20. The van der Waals surface area contributed by atoms with E-state index in [4.69, 9.17) is 0 Å². The number of hydrogen-bond acceptors (Lipinski definition) is 4. The molecule has 0 saturated carbocycles. The molecular weight excluding hydrogens is 435 g/mol. The summed E-state index contributed by atoms with van der Waals surface area (Å²) in [4.78, 5) is 1.41. The molecule has 5 heteroatoms. The average Bonchev–Trinajstić information content (AvgIpc) is 3.06. The maximum atomic E-state index is 2.42. The summed E-state index contributed by atoms with van der Waals surface area (Å²) >= 11 is 10.1. The maximum Gasteiger partial charge on any atom is 0.0674 e. The van der Waals surface area contributed by atoms with Crippen LogP contribution in [0.3, 0.4) is 0 Å². The van der Waals surface area contributed by atoms with Crippen LogP contribution in [-0.2, 0) is 0 Å². The Morgan fingerprint density at radius 1 is 0.700 bits per heavy atom. The number of halogens is 1. The average molecular weight is 442 g/mol. The van der Waals surface area contributed by atoms with Gasteiger partial charge in [0.15, 0.2) is 0 Å². The fraction of sp³-hybridized carbons (Fsp3) is 0.0667. The smallest absolute Gasteiger partial charge is 0.0674 e. The van der Waals surface area contributed by atoms with Crippen LogP contribution in [0.1, 0.15) is 4.88 Å². The molecule has 0 aliphatic heterocycles. The van der Waals surface area contributed by atoms with Crippen molar-refractivity contribution in [2.75, 3.05) is 0 Å². The van der Waals surface area contributed by atoms with Crippen molar-refractivity contribution in [1.29, 1.82) is 0 Å². The molecule has 0 amide bonds. The largest absolute Gasteiger partial charge is 0.139 e. The van der Waals surface area contributed by atoms with Crippen LogP contribution in [0.25, 0.3) is 39.0 Å². The first-order chi connectivity index (χ1) is 9.69. The monoisotopic (exact) mass is 442 g/mol. The molecule has 0 unspecified atom stereocenters. The third kappa shape index (κ3) is 1.61. The van der Waals surface area contributed by atoms with Gasteiger partial charge in [-0.25, -0.2) is 0 Å². The predicted octanol–water partition coefficient (Wildman–Crippen LogP) is 7.46. The molecule has 0 radical (unpaired) electrons. The molecule has 0 aliphatic carbocycles. The Hall–Kier alpha value is -0.210. The number of fused-ring (bicyclic) bond motifs is 6. The van der Waals surface area contributed by atoms with Crippen molar-refractivity contribution >= 4 is 107 Å². The Morgan fingerprint density at radius 2 is 1.30 bits per heavy atom. The van der Waals surface area contributed by atoms with Gasteiger partial charge in [0.1, 0.15) is 0 Å². The lowest BCUT2D eigenvalue weighted by molar-refractivity contribution is 1.66. The molecule has 4 aromatic heterocycles. The molecule has 5 aromatic rings. The van der Waals surface area contributed by atoms with Gasteiger partial charge in [-0.05, 0) is 53.8 Å². The van der Waals surface area contributed by atoms with Crippen LogP contribution < -0.4 is 0 Å². The van der Waals surface area contributed by atoms with Crippen molar-refractivity contribution in [3.05, 3.63) is 32.0 Å². The second-order valence-electron chi connectivity index (χ2n) is 4.84. The van der Waals surface area contributed by atoms with Crippen LogP contribution in [0.4, 0.5) is 0 Å². The van der Waals surface area contributed by atoms with E-state index in [1.54, 1.807) is 0 Å². The molecule has 0 atom stereocenters. The lowest BCUT2D eigenvalue weighted by Gasteiger charge is -1.92. The summed E-state index contributed by atoms with van der Waals surface area (Å²) in [5.41, 5.74) is 0. The Kier molecular flexibility index (Phi) is 2.57. The Balaban J connectivity index is 2.00. The summed E-state index contributed by atoms with van der Waals surface area (Å²) in [7, 11) is 0. The highest BCUT2D eigenvalue weighted by molar-refractivity contribution is 14.1. The van der Waals surface area contributed by atoms with Gasteiger partial charge in [-0.2, -0.15) is 0 Å².